The molecule has 3 fully saturated rings. The molecule has 0 saturated carbocycles. The van der Waals surface area contributed by atoms with Crippen LogP contribution in [0.4, 0.5) is 19.0 Å². The first kappa shape index (κ1) is 34.2. The predicted molar refractivity (Wildman–Crippen MR) is 182 cm³/mol. The monoisotopic (exact) mass is 712 g/mol. The van der Waals surface area contributed by atoms with Crippen molar-refractivity contribution in [1.82, 2.24) is 24.2 Å². The van der Waals surface area contributed by atoms with Gasteiger partial charge in [0.05, 0.1) is 17.2 Å². The van der Waals surface area contributed by atoms with Crippen LogP contribution in [0, 0.1) is 17.6 Å². The van der Waals surface area contributed by atoms with Crippen LogP contribution in [0.25, 0.3) is 32.9 Å². The highest BCUT2D eigenvalue weighted by atomic mass is 32.2. The molecule has 266 valence electrons. The van der Waals surface area contributed by atoms with Gasteiger partial charge in [-0.1, -0.05) is 13.0 Å². The second-order valence-corrected chi connectivity index (χ2v) is 15.7. The Kier molecular flexibility index (Phi) is 8.78. The number of alkyl halides is 1. The molecule has 5 heterocycles. The Morgan fingerprint density at radius 3 is 2.64 bits per heavy atom. The standard InChI is InChI=1S/C35H39F3N6O5S/c1-4-24-27(37)7-6-21-14-23(45)15-25(28(21)24)30-29(38)31-26(17-39-30)32(43-12-8-20(9-13-43)33(46)42(2)50(3,47)48)41-34(40-31)49-19-35-10-5-11-44(35)18-22(36)16-35/h6-7,14-15,17,20,22,45H,4-5,8-13,16,18-19H2,1-3H3/t22-,35+/m1/s1. The molecule has 0 radical (unpaired) electrons. The quantitative estimate of drug-likeness (QED) is 0.267. The molecule has 0 spiro atoms. The van der Waals surface area contributed by atoms with Crippen molar-refractivity contribution in [2.24, 2.45) is 5.92 Å². The molecule has 3 aliphatic heterocycles. The Balaban J connectivity index is 1.31. The predicted octanol–water partition coefficient (Wildman–Crippen LogP) is 4.98. The van der Waals surface area contributed by atoms with E-state index in [-0.39, 0.29) is 40.5 Å². The van der Waals surface area contributed by atoms with E-state index in [0.717, 1.165) is 29.9 Å². The van der Waals surface area contributed by atoms with Crippen LogP contribution in [-0.4, -0.2) is 101 Å². The summed E-state index contributed by atoms with van der Waals surface area (Å²) in [5, 5.41) is 11.8. The fraction of sp³-hybridized carbons (Fsp3) is 0.486. The molecule has 15 heteroatoms. The number of benzene rings is 2. The number of rotatable bonds is 8. The molecule has 2 aromatic carbocycles. The first-order valence-corrected chi connectivity index (χ1v) is 18.7. The van der Waals surface area contributed by atoms with E-state index in [1.165, 1.54) is 37.5 Å². The molecule has 2 atom stereocenters. The maximum Gasteiger partial charge on any atom is 0.319 e. The Bertz CT molecular complexity index is 2110. The fourth-order valence-electron chi connectivity index (χ4n) is 7.95. The van der Waals surface area contributed by atoms with E-state index in [9.17, 15) is 27.1 Å². The van der Waals surface area contributed by atoms with E-state index in [4.69, 9.17) is 9.72 Å². The molecule has 0 bridgehead atoms. The van der Waals surface area contributed by atoms with Crippen molar-refractivity contribution in [2.45, 2.75) is 57.2 Å². The summed E-state index contributed by atoms with van der Waals surface area (Å²) in [6, 6.07) is 5.57. The third-order valence-electron chi connectivity index (χ3n) is 10.6. The first-order chi connectivity index (χ1) is 23.8. The number of amides is 1. The van der Waals surface area contributed by atoms with Crippen molar-refractivity contribution >= 4 is 43.4 Å². The molecule has 3 aliphatic rings. The van der Waals surface area contributed by atoms with Crippen molar-refractivity contribution < 1.29 is 36.2 Å². The molecule has 1 N–H and O–H groups in total. The maximum atomic E-state index is 16.9. The number of phenolic OH excluding ortho intramolecular Hbond substituents is 1. The van der Waals surface area contributed by atoms with Gasteiger partial charge in [0.1, 0.15) is 41.4 Å². The van der Waals surface area contributed by atoms with Crippen LogP contribution in [0.15, 0.2) is 30.5 Å². The summed E-state index contributed by atoms with van der Waals surface area (Å²) in [4.78, 5) is 30.6. The summed E-state index contributed by atoms with van der Waals surface area (Å²) in [6.45, 7) is 3.61. The van der Waals surface area contributed by atoms with Gasteiger partial charge in [0.2, 0.25) is 15.9 Å². The van der Waals surface area contributed by atoms with Crippen molar-refractivity contribution in [1.29, 1.82) is 0 Å². The lowest BCUT2D eigenvalue weighted by atomic mass is 9.94. The number of fused-ring (bicyclic) bond motifs is 3. The highest BCUT2D eigenvalue weighted by molar-refractivity contribution is 7.88. The van der Waals surface area contributed by atoms with Crippen molar-refractivity contribution in [3.8, 4) is 23.0 Å². The zero-order valence-electron chi connectivity index (χ0n) is 28.1. The van der Waals surface area contributed by atoms with E-state index in [2.05, 4.69) is 14.9 Å². The molecular weight excluding hydrogens is 673 g/mol. The van der Waals surface area contributed by atoms with Gasteiger partial charge in [-0.15, -0.1) is 0 Å². The minimum atomic E-state index is -3.71. The van der Waals surface area contributed by atoms with Gasteiger partial charge < -0.3 is 14.7 Å². The van der Waals surface area contributed by atoms with Gasteiger partial charge in [-0.25, -0.2) is 25.9 Å². The third-order valence-corrected chi connectivity index (χ3v) is 11.8. The van der Waals surface area contributed by atoms with E-state index < -0.39 is 45.2 Å². The average molecular weight is 713 g/mol. The number of carbonyl (C=O) groups excluding carboxylic acids is 1. The van der Waals surface area contributed by atoms with Crippen LogP contribution < -0.4 is 9.64 Å². The minimum Gasteiger partial charge on any atom is -0.508 e. The molecule has 3 saturated heterocycles. The number of anilines is 1. The largest absolute Gasteiger partial charge is 0.508 e. The average Bonchev–Trinajstić information content (AvgIpc) is 3.62. The van der Waals surface area contributed by atoms with Gasteiger partial charge in [-0.3, -0.25) is 14.7 Å². The fourth-order valence-corrected chi connectivity index (χ4v) is 8.43. The summed E-state index contributed by atoms with van der Waals surface area (Å²) in [5.41, 5.74) is -0.197. The molecule has 0 aliphatic carbocycles. The van der Waals surface area contributed by atoms with Gasteiger partial charge in [0.25, 0.3) is 0 Å². The van der Waals surface area contributed by atoms with Gasteiger partial charge in [-0.05, 0) is 73.2 Å². The van der Waals surface area contributed by atoms with Crippen LogP contribution in [0.1, 0.15) is 44.6 Å². The molecule has 1 amide bonds. The van der Waals surface area contributed by atoms with E-state index in [1.807, 2.05) is 4.90 Å². The van der Waals surface area contributed by atoms with Gasteiger partial charge in [0, 0.05) is 50.8 Å². The van der Waals surface area contributed by atoms with E-state index in [0.29, 0.717) is 67.5 Å². The van der Waals surface area contributed by atoms with Crippen LogP contribution in [-0.2, 0) is 21.2 Å². The molecule has 0 unspecified atom stereocenters. The normalized spacial score (nSPS) is 21.6. The number of pyridine rings is 1. The second-order valence-electron chi connectivity index (χ2n) is 13.7. The van der Waals surface area contributed by atoms with Gasteiger partial charge in [0.15, 0.2) is 5.82 Å². The Morgan fingerprint density at radius 2 is 1.92 bits per heavy atom. The summed E-state index contributed by atoms with van der Waals surface area (Å²) >= 11 is 0. The number of aryl methyl sites for hydroxylation is 1. The van der Waals surface area contributed by atoms with Crippen LogP contribution in [0.2, 0.25) is 0 Å². The number of aromatic nitrogens is 3. The molecule has 4 aromatic rings. The smallest absolute Gasteiger partial charge is 0.319 e. The molecule has 11 nitrogen and oxygen atoms in total. The molecular formula is C35H39F3N6O5S. The topological polar surface area (TPSA) is 129 Å². The summed E-state index contributed by atoms with van der Waals surface area (Å²) in [7, 11) is -2.47. The van der Waals surface area contributed by atoms with Crippen LogP contribution >= 0.6 is 0 Å². The molecule has 2 aromatic heterocycles. The third kappa shape index (κ3) is 5.97. The lowest BCUT2D eigenvalue weighted by Gasteiger charge is -2.34. The van der Waals surface area contributed by atoms with E-state index in [1.54, 1.807) is 6.92 Å². The van der Waals surface area contributed by atoms with Crippen molar-refractivity contribution in [3.05, 3.63) is 47.7 Å². The van der Waals surface area contributed by atoms with E-state index >= 15 is 4.39 Å². The number of hydrogen-bond donors (Lipinski definition) is 1. The van der Waals surface area contributed by atoms with Crippen molar-refractivity contribution in [3.63, 3.8) is 0 Å². The first-order valence-electron chi connectivity index (χ1n) is 16.8. The summed E-state index contributed by atoms with van der Waals surface area (Å²) in [6.07, 6.45) is 4.38. The lowest BCUT2D eigenvalue weighted by Crippen LogP contribution is -2.44. The lowest BCUT2D eigenvalue weighted by molar-refractivity contribution is -0.130. The Labute approximate surface area is 288 Å². The van der Waals surface area contributed by atoms with Crippen molar-refractivity contribution in [2.75, 3.05) is 51.0 Å². The number of sulfonamides is 1. The zero-order chi connectivity index (χ0) is 35.5. The highest BCUT2D eigenvalue weighted by Gasteiger charge is 2.49. The molecule has 7 rings (SSSR count). The summed E-state index contributed by atoms with van der Waals surface area (Å²) < 4.78 is 77.3. The minimum absolute atomic E-state index is 0.105. The number of carbonyl (C=O) groups is 1. The van der Waals surface area contributed by atoms with Gasteiger partial charge >= 0.3 is 6.01 Å². The van der Waals surface area contributed by atoms with Crippen LogP contribution in [0.3, 0.4) is 0 Å². The zero-order valence-corrected chi connectivity index (χ0v) is 28.9. The van der Waals surface area contributed by atoms with Crippen LogP contribution in [0.5, 0.6) is 11.8 Å². The number of piperidine rings is 1. The SMILES string of the molecule is CCc1c(F)ccc2cc(O)cc(-c3ncc4c(N5CCC(C(=O)N(C)S(C)(=O)=O)CC5)nc(OC[C@@]56CCCN5C[C@H](F)C6)nc4c3F)c12. The maximum absolute atomic E-state index is 16.9. The highest BCUT2D eigenvalue weighted by Crippen LogP contribution is 2.42. The number of nitrogens with zero attached hydrogens (tertiary/aromatic N) is 6. The number of hydrogen-bond acceptors (Lipinski definition) is 10. The van der Waals surface area contributed by atoms with Gasteiger partial charge in [-0.2, -0.15) is 9.97 Å². The number of halogens is 3. The number of phenols is 1. The number of aromatic hydroxyl groups is 1. The Morgan fingerprint density at radius 1 is 1.16 bits per heavy atom. The summed E-state index contributed by atoms with van der Waals surface area (Å²) in [5.74, 6) is -2.13. The second kappa shape index (κ2) is 12.8. The molecule has 50 heavy (non-hydrogen) atoms. The Hall–Kier alpha value is -4.24. The number of ether oxygens (including phenoxy) is 1.